The van der Waals surface area contributed by atoms with Crippen molar-refractivity contribution in [3.8, 4) is 0 Å². The number of carbonyl (C=O) groups is 1. The van der Waals surface area contributed by atoms with Crippen molar-refractivity contribution in [3.63, 3.8) is 0 Å². The van der Waals surface area contributed by atoms with Crippen LogP contribution in [0.1, 0.15) is 21.7 Å². The third kappa shape index (κ3) is 4.75. The fourth-order valence-electron chi connectivity index (χ4n) is 2.57. The van der Waals surface area contributed by atoms with Crippen molar-refractivity contribution in [1.82, 2.24) is 9.88 Å². The molecular weight excluding hydrogens is 388 g/mol. The second-order valence-electron chi connectivity index (χ2n) is 6.02. The van der Waals surface area contributed by atoms with Crippen LogP contribution in [-0.4, -0.2) is 30.5 Å². The van der Waals surface area contributed by atoms with Gasteiger partial charge in [-0.2, -0.15) is 0 Å². The summed E-state index contributed by atoms with van der Waals surface area (Å²) in [6.07, 6.45) is 5.92. The summed E-state index contributed by atoms with van der Waals surface area (Å²) in [5.41, 5.74) is 0.947. The average Bonchev–Trinajstić information content (AvgIpc) is 3.14. The number of rotatable bonds is 6. The van der Waals surface area contributed by atoms with Gasteiger partial charge in [0, 0.05) is 25.2 Å². The Morgan fingerprint density at radius 2 is 2.00 bits per heavy atom. The maximum Gasteiger partial charge on any atom is 0.256 e. The third-order valence-electron chi connectivity index (χ3n) is 3.91. The second-order valence-corrected chi connectivity index (χ2v) is 8.44. The van der Waals surface area contributed by atoms with Gasteiger partial charge in [-0.1, -0.05) is 17.7 Å². The minimum absolute atomic E-state index is 0.0366. The number of benzene rings is 1. The molecule has 3 aromatic rings. The Morgan fingerprint density at radius 3 is 2.63 bits per heavy atom. The van der Waals surface area contributed by atoms with E-state index >= 15 is 0 Å². The molecule has 140 valence electrons. The van der Waals surface area contributed by atoms with Crippen molar-refractivity contribution < 1.29 is 17.6 Å². The van der Waals surface area contributed by atoms with E-state index in [0.29, 0.717) is 5.76 Å². The van der Waals surface area contributed by atoms with E-state index in [-0.39, 0.29) is 28.6 Å². The van der Waals surface area contributed by atoms with E-state index in [0.717, 1.165) is 11.8 Å². The van der Waals surface area contributed by atoms with Crippen LogP contribution < -0.4 is 0 Å². The number of aromatic nitrogens is 1. The molecule has 27 heavy (non-hydrogen) atoms. The van der Waals surface area contributed by atoms with Crippen molar-refractivity contribution in [2.45, 2.75) is 18.0 Å². The predicted molar refractivity (Wildman–Crippen MR) is 101 cm³/mol. The smallest absolute Gasteiger partial charge is 0.256 e. The van der Waals surface area contributed by atoms with Crippen LogP contribution in [-0.2, 0) is 22.9 Å². The Morgan fingerprint density at radius 1 is 1.19 bits per heavy atom. The first-order chi connectivity index (χ1) is 12.8. The van der Waals surface area contributed by atoms with Crippen LogP contribution in [0.2, 0.25) is 5.02 Å². The lowest BCUT2D eigenvalue weighted by molar-refractivity contribution is 0.0717. The summed E-state index contributed by atoms with van der Waals surface area (Å²) in [6, 6.07) is 11.2. The van der Waals surface area contributed by atoms with Crippen LogP contribution in [0.15, 0.2) is 70.4 Å². The zero-order valence-corrected chi connectivity index (χ0v) is 16.1. The normalized spacial score (nSPS) is 11.3. The Hall–Kier alpha value is -2.64. The molecule has 0 unspecified atom stereocenters. The van der Waals surface area contributed by atoms with Gasteiger partial charge in [0.2, 0.25) is 0 Å². The van der Waals surface area contributed by atoms with Crippen LogP contribution in [0.25, 0.3) is 0 Å². The molecule has 0 saturated heterocycles. The highest BCUT2D eigenvalue weighted by molar-refractivity contribution is 7.90. The van der Waals surface area contributed by atoms with Gasteiger partial charge in [0.25, 0.3) is 5.91 Å². The second kappa shape index (κ2) is 7.94. The molecular formula is C19H17ClN2O4S. The largest absolute Gasteiger partial charge is 0.467 e. The van der Waals surface area contributed by atoms with Crippen LogP contribution in [0.3, 0.4) is 0 Å². The Kier molecular flexibility index (Phi) is 5.62. The summed E-state index contributed by atoms with van der Waals surface area (Å²) in [5, 5.41) is 0.183. The van der Waals surface area contributed by atoms with Gasteiger partial charge in [-0.3, -0.25) is 9.78 Å². The van der Waals surface area contributed by atoms with E-state index < -0.39 is 15.7 Å². The average molecular weight is 405 g/mol. The monoisotopic (exact) mass is 404 g/mol. The van der Waals surface area contributed by atoms with Crippen LogP contribution >= 0.6 is 11.6 Å². The molecule has 0 fully saturated rings. The SMILES string of the molecule is CS(=O)(=O)c1ccc(Cl)c(C(=O)N(Cc2cccnc2)Cc2ccco2)c1. The number of furan rings is 1. The Balaban J connectivity index is 1.97. The lowest BCUT2D eigenvalue weighted by atomic mass is 10.1. The zero-order chi connectivity index (χ0) is 19.4. The van der Waals surface area contributed by atoms with E-state index in [2.05, 4.69) is 4.98 Å². The van der Waals surface area contributed by atoms with Gasteiger partial charge < -0.3 is 9.32 Å². The molecule has 0 bridgehead atoms. The molecule has 8 heteroatoms. The van der Waals surface area contributed by atoms with Gasteiger partial charge in [-0.05, 0) is 42.0 Å². The molecule has 1 amide bonds. The molecule has 0 radical (unpaired) electrons. The van der Waals surface area contributed by atoms with Crippen molar-refractivity contribution >= 4 is 27.3 Å². The molecule has 3 rings (SSSR count). The maximum absolute atomic E-state index is 13.2. The van der Waals surface area contributed by atoms with Crippen molar-refractivity contribution in [3.05, 3.63) is 83.0 Å². The van der Waals surface area contributed by atoms with E-state index in [9.17, 15) is 13.2 Å². The number of hydrogen-bond donors (Lipinski definition) is 0. The van der Waals surface area contributed by atoms with Crippen molar-refractivity contribution in [1.29, 1.82) is 0 Å². The lowest BCUT2D eigenvalue weighted by Crippen LogP contribution is -2.30. The number of nitrogens with zero attached hydrogens (tertiary/aromatic N) is 2. The van der Waals surface area contributed by atoms with E-state index in [1.807, 2.05) is 6.07 Å². The highest BCUT2D eigenvalue weighted by atomic mass is 35.5. The molecule has 2 aromatic heterocycles. The molecule has 1 aromatic carbocycles. The van der Waals surface area contributed by atoms with Gasteiger partial charge in [0.1, 0.15) is 5.76 Å². The fraction of sp³-hybridized carbons (Fsp3) is 0.158. The van der Waals surface area contributed by atoms with E-state index in [1.54, 1.807) is 30.6 Å². The minimum atomic E-state index is -3.47. The number of amides is 1. The molecule has 0 N–H and O–H groups in total. The molecule has 0 spiro atoms. The topological polar surface area (TPSA) is 80.5 Å². The first-order valence-corrected chi connectivity index (χ1v) is 10.3. The molecule has 0 atom stereocenters. The Labute approximate surface area is 162 Å². The highest BCUT2D eigenvalue weighted by Crippen LogP contribution is 2.24. The fourth-order valence-corrected chi connectivity index (χ4v) is 3.42. The van der Waals surface area contributed by atoms with Crippen LogP contribution in [0.5, 0.6) is 0 Å². The first kappa shape index (κ1) is 19.1. The molecule has 0 aliphatic carbocycles. The lowest BCUT2D eigenvalue weighted by Gasteiger charge is -2.22. The van der Waals surface area contributed by atoms with Crippen molar-refractivity contribution in [2.75, 3.05) is 6.26 Å². The molecule has 2 heterocycles. The summed E-state index contributed by atoms with van der Waals surface area (Å²) in [7, 11) is -3.47. The summed E-state index contributed by atoms with van der Waals surface area (Å²) in [6.45, 7) is 0.479. The number of sulfone groups is 1. The molecule has 6 nitrogen and oxygen atoms in total. The number of carbonyl (C=O) groups excluding carboxylic acids is 1. The first-order valence-electron chi connectivity index (χ1n) is 8.05. The molecule has 0 aliphatic heterocycles. The number of halogens is 1. The maximum atomic E-state index is 13.2. The Bertz CT molecular complexity index is 1030. The minimum Gasteiger partial charge on any atom is -0.467 e. The quantitative estimate of drug-likeness (QED) is 0.627. The van der Waals surface area contributed by atoms with Gasteiger partial charge in [-0.15, -0.1) is 0 Å². The summed E-state index contributed by atoms with van der Waals surface area (Å²) < 4.78 is 29.0. The van der Waals surface area contributed by atoms with E-state index in [4.69, 9.17) is 16.0 Å². The summed E-state index contributed by atoms with van der Waals surface area (Å²) in [4.78, 5) is 18.8. The highest BCUT2D eigenvalue weighted by Gasteiger charge is 2.22. The third-order valence-corrected chi connectivity index (χ3v) is 5.35. The standard InChI is InChI=1S/C19H17ClN2O4S/c1-27(24,25)16-6-7-18(20)17(10-16)19(23)22(13-15-5-3-9-26-15)12-14-4-2-8-21-11-14/h2-11H,12-13H2,1H3. The summed E-state index contributed by atoms with van der Waals surface area (Å²) in [5.74, 6) is 0.202. The van der Waals surface area contributed by atoms with Gasteiger partial charge in [-0.25, -0.2) is 8.42 Å². The van der Waals surface area contributed by atoms with Crippen LogP contribution in [0, 0.1) is 0 Å². The number of pyridine rings is 1. The van der Waals surface area contributed by atoms with E-state index in [1.165, 1.54) is 29.4 Å². The molecule has 0 saturated carbocycles. The number of hydrogen-bond acceptors (Lipinski definition) is 5. The van der Waals surface area contributed by atoms with Crippen LogP contribution in [0.4, 0.5) is 0 Å². The van der Waals surface area contributed by atoms with Gasteiger partial charge >= 0.3 is 0 Å². The zero-order valence-electron chi connectivity index (χ0n) is 14.5. The predicted octanol–water partition coefficient (Wildman–Crippen LogP) is 3.57. The molecule has 0 aliphatic rings. The van der Waals surface area contributed by atoms with Gasteiger partial charge in [0.15, 0.2) is 9.84 Å². The summed E-state index contributed by atoms with van der Waals surface area (Å²) >= 11 is 6.19. The van der Waals surface area contributed by atoms with Crippen molar-refractivity contribution in [2.24, 2.45) is 0 Å². The van der Waals surface area contributed by atoms with Gasteiger partial charge in [0.05, 0.1) is 28.3 Å².